The molecule has 2 amide bonds. The molecule has 0 bridgehead atoms. The maximum absolute atomic E-state index is 11.8. The van der Waals surface area contributed by atoms with Gasteiger partial charge in [0.05, 0.1) is 6.04 Å². The largest absolute Gasteiger partial charge is 0.476 e. The number of carbonyl (C=O) groups excluding carboxylic acids is 1. The van der Waals surface area contributed by atoms with Crippen molar-refractivity contribution in [1.29, 1.82) is 0 Å². The van der Waals surface area contributed by atoms with E-state index in [1.807, 2.05) is 6.92 Å². The Bertz CT molecular complexity index is 461. The Kier molecular flexibility index (Phi) is 6.44. The molecular weight excluding hydrogens is 278 g/mol. The molecule has 1 aromatic rings. The van der Waals surface area contributed by atoms with Gasteiger partial charge >= 0.3 is 12.0 Å². The highest BCUT2D eigenvalue weighted by Crippen LogP contribution is 2.17. The zero-order valence-electron chi connectivity index (χ0n) is 12.0. The fourth-order valence-electron chi connectivity index (χ4n) is 1.80. The number of nitrogens with zero attached hydrogens (tertiary/aromatic N) is 1. The Labute approximate surface area is 122 Å². The van der Waals surface area contributed by atoms with Gasteiger partial charge in [-0.05, 0) is 19.8 Å². The third-order valence-electron chi connectivity index (χ3n) is 2.92. The molecule has 112 valence electrons. The van der Waals surface area contributed by atoms with Crippen molar-refractivity contribution in [2.24, 2.45) is 0 Å². The van der Waals surface area contributed by atoms with E-state index < -0.39 is 5.97 Å². The average Bonchev–Trinajstić information content (AvgIpc) is 2.87. The second kappa shape index (κ2) is 7.84. The number of nitrogens with one attached hydrogen (secondary N) is 2. The van der Waals surface area contributed by atoms with Gasteiger partial charge in [0, 0.05) is 11.4 Å². The zero-order chi connectivity index (χ0) is 15.1. The molecule has 0 radical (unpaired) electrons. The van der Waals surface area contributed by atoms with Gasteiger partial charge in [-0.2, -0.15) is 0 Å². The van der Waals surface area contributed by atoms with Crippen molar-refractivity contribution in [3.8, 4) is 0 Å². The number of urea groups is 1. The number of hydrogen-bond donors (Lipinski definition) is 3. The van der Waals surface area contributed by atoms with Gasteiger partial charge in [-0.3, -0.25) is 0 Å². The minimum absolute atomic E-state index is 0.0106. The molecule has 0 saturated carbocycles. The van der Waals surface area contributed by atoms with E-state index in [1.165, 1.54) is 16.7 Å². The molecule has 2 unspecified atom stereocenters. The number of carboxylic acids is 1. The summed E-state index contributed by atoms with van der Waals surface area (Å²) in [4.78, 5) is 26.6. The Morgan fingerprint density at radius 1 is 1.40 bits per heavy atom. The van der Waals surface area contributed by atoms with Gasteiger partial charge in [0.1, 0.15) is 5.01 Å². The van der Waals surface area contributed by atoms with E-state index in [9.17, 15) is 9.59 Å². The molecule has 1 aromatic heterocycles. The number of aromatic nitrogens is 1. The maximum atomic E-state index is 11.8. The number of thiazole rings is 1. The first kappa shape index (κ1) is 16.4. The molecule has 3 N–H and O–H groups in total. The van der Waals surface area contributed by atoms with Crippen molar-refractivity contribution in [3.63, 3.8) is 0 Å². The minimum Gasteiger partial charge on any atom is -0.476 e. The average molecular weight is 299 g/mol. The molecule has 1 heterocycles. The number of amides is 2. The first-order chi connectivity index (χ1) is 9.47. The Morgan fingerprint density at radius 3 is 2.60 bits per heavy atom. The molecule has 20 heavy (non-hydrogen) atoms. The molecule has 7 heteroatoms. The number of rotatable bonds is 7. The first-order valence-electron chi connectivity index (χ1n) is 6.73. The quantitative estimate of drug-likeness (QED) is 0.722. The number of hydrogen-bond acceptors (Lipinski definition) is 4. The lowest BCUT2D eigenvalue weighted by molar-refractivity contribution is 0.0691. The monoisotopic (exact) mass is 299 g/mol. The van der Waals surface area contributed by atoms with Crippen LogP contribution in [0.3, 0.4) is 0 Å². The highest BCUT2D eigenvalue weighted by Gasteiger charge is 2.17. The topological polar surface area (TPSA) is 91.3 Å². The van der Waals surface area contributed by atoms with E-state index in [1.54, 1.807) is 6.92 Å². The smallest absolute Gasteiger partial charge is 0.355 e. The second-order valence-corrected chi connectivity index (χ2v) is 5.50. The lowest BCUT2D eigenvalue weighted by atomic mass is 10.1. The fraction of sp³-hybridized carbons (Fsp3) is 0.615. The van der Waals surface area contributed by atoms with Crippen molar-refractivity contribution in [2.45, 2.75) is 52.1 Å². The Hall–Kier alpha value is -1.63. The summed E-state index contributed by atoms with van der Waals surface area (Å²) in [5.41, 5.74) is 0.0106. The number of aromatic carboxylic acids is 1. The first-order valence-corrected chi connectivity index (χ1v) is 7.61. The third kappa shape index (κ3) is 4.80. The van der Waals surface area contributed by atoms with Gasteiger partial charge in [0.15, 0.2) is 5.69 Å². The molecule has 0 fully saturated rings. The lowest BCUT2D eigenvalue weighted by Gasteiger charge is -2.18. The minimum atomic E-state index is -1.06. The van der Waals surface area contributed by atoms with Crippen LogP contribution in [-0.4, -0.2) is 28.1 Å². The summed E-state index contributed by atoms with van der Waals surface area (Å²) in [6.07, 6.45) is 2.84. The van der Waals surface area contributed by atoms with Crippen LogP contribution in [0.2, 0.25) is 0 Å². The summed E-state index contributed by atoms with van der Waals surface area (Å²) < 4.78 is 0. The highest BCUT2D eigenvalue weighted by molar-refractivity contribution is 7.09. The summed E-state index contributed by atoms with van der Waals surface area (Å²) in [6.45, 7) is 5.89. The van der Waals surface area contributed by atoms with Gasteiger partial charge in [0.2, 0.25) is 0 Å². The Balaban J connectivity index is 2.53. The molecule has 0 spiro atoms. The van der Waals surface area contributed by atoms with Crippen LogP contribution in [0, 0.1) is 0 Å². The van der Waals surface area contributed by atoms with Crippen LogP contribution in [0.15, 0.2) is 5.38 Å². The highest BCUT2D eigenvalue weighted by atomic mass is 32.1. The van der Waals surface area contributed by atoms with Gasteiger partial charge < -0.3 is 15.7 Å². The van der Waals surface area contributed by atoms with Crippen LogP contribution in [0.1, 0.15) is 61.6 Å². The predicted octanol–water partition coefficient (Wildman–Crippen LogP) is 2.78. The summed E-state index contributed by atoms with van der Waals surface area (Å²) in [5, 5.41) is 16.6. The molecular formula is C13H21N3O3S. The lowest BCUT2D eigenvalue weighted by Crippen LogP contribution is -2.42. The standard InChI is InChI=1S/C13H21N3O3S/c1-4-6-9(5-2)15-13(19)14-8(3)11-16-10(7-20-11)12(17)18/h7-9H,4-6H2,1-3H3,(H,17,18)(H2,14,15,19). The molecule has 0 aromatic carbocycles. The van der Waals surface area contributed by atoms with E-state index in [2.05, 4.69) is 22.5 Å². The van der Waals surface area contributed by atoms with E-state index >= 15 is 0 Å². The van der Waals surface area contributed by atoms with Crippen molar-refractivity contribution < 1.29 is 14.7 Å². The molecule has 6 nitrogen and oxygen atoms in total. The van der Waals surface area contributed by atoms with Crippen LogP contribution in [-0.2, 0) is 0 Å². The normalized spacial score (nSPS) is 13.6. The molecule has 0 saturated heterocycles. The van der Waals surface area contributed by atoms with Gasteiger partial charge in [-0.1, -0.05) is 20.3 Å². The van der Waals surface area contributed by atoms with Crippen molar-refractivity contribution in [2.75, 3.05) is 0 Å². The maximum Gasteiger partial charge on any atom is 0.355 e. The number of carboxylic acid groups (broad SMARTS) is 1. The van der Waals surface area contributed by atoms with Crippen LogP contribution < -0.4 is 10.6 Å². The second-order valence-electron chi connectivity index (χ2n) is 4.61. The van der Waals surface area contributed by atoms with Gasteiger partial charge in [0.25, 0.3) is 0 Å². The van der Waals surface area contributed by atoms with Crippen LogP contribution in [0.5, 0.6) is 0 Å². The van der Waals surface area contributed by atoms with Crippen molar-refractivity contribution in [3.05, 3.63) is 16.1 Å². The van der Waals surface area contributed by atoms with Crippen LogP contribution >= 0.6 is 11.3 Å². The van der Waals surface area contributed by atoms with Gasteiger partial charge in [-0.25, -0.2) is 14.6 Å². The van der Waals surface area contributed by atoms with E-state index in [4.69, 9.17) is 5.11 Å². The van der Waals surface area contributed by atoms with E-state index in [0.717, 1.165) is 19.3 Å². The van der Waals surface area contributed by atoms with Crippen molar-refractivity contribution in [1.82, 2.24) is 15.6 Å². The fourth-order valence-corrected chi connectivity index (χ4v) is 2.60. The molecule has 2 atom stereocenters. The van der Waals surface area contributed by atoms with E-state index in [0.29, 0.717) is 5.01 Å². The van der Waals surface area contributed by atoms with Crippen LogP contribution in [0.25, 0.3) is 0 Å². The Morgan fingerprint density at radius 2 is 2.10 bits per heavy atom. The molecule has 0 aliphatic heterocycles. The zero-order valence-corrected chi connectivity index (χ0v) is 12.8. The van der Waals surface area contributed by atoms with Crippen LogP contribution in [0.4, 0.5) is 4.79 Å². The predicted molar refractivity (Wildman–Crippen MR) is 78.1 cm³/mol. The summed E-state index contributed by atoms with van der Waals surface area (Å²) in [7, 11) is 0. The summed E-state index contributed by atoms with van der Waals surface area (Å²) >= 11 is 1.23. The summed E-state index contributed by atoms with van der Waals surface area (Å²) in [6, 6.07) is -0.393. The molecule has 1 rings (SSSR count). The van der Waals surface area contributed by atoms with E-state index in [-0.39, 0.29) is 23.8 Å². The summed E-state index contributed by atoms with van der Waals surface area (Å²) in [5.74, 6) is -1.06. The van der Waals surface area contributed by atoms with Gasteiger partial charge in [-0.15, -0.1) is 11.3 Å². The molecule has 0 aliphatic carbocycles. The third-order valence-corrected chi connectivity index (χ3v) is 3.95. The van der Waals surface area contributed by atoms with Crippen molar-refractivity contribution >= 4 is 23.3 Å². The number of carbonyl (C=O) groups is 2. The SMILES string of the molecule is CCCC(CC)NC(=O)NC(C)c1nc(C(=O)O)cs1. The molecule has 0 aliphatic rings.